The predicted octanol–water partition coefficient (Wildman–Crippen LogP) is 4.99. The number of imidazole rings is 1. The van der Waals surface area contributed by atoms with Gasteiger partial charge in [0.1, 0.15) is 17.5 Å². The zero-order valence-corrected chi connectivity index (χ0v) is 37.1. The van der Waals surface area contributed by atoms with E-state index in [-0.39, 0.29) is 80.1 Å². The Morgan fingerprint density at radius 2 is 1.63 bits per heavy atom. The van der Waals surface area contributed by atoms with E-state index in [0.29, 0.717) is 54.6 Å². The van der Waals surface area contributed by atoms with E-state index in [0.717, 1.165) is 36.5 Å². The number of rotatable bonds is 11. The SMILES string of the molecule is O=C1CCC(Nc2cc(F)c(N3CCC(O)(CC(=O)N4CCN(c5ccc(-c6cc(F)c7c(c6)C(=O)N(C(C(=O)Nc6nccs6)c6ncn8c6CCC8)C7)cc5)CC4)CC3)c(F)c2)C(=O)N1. The van der Waals surface area contributed by atoms with Crippen molar-refractivity contribution in [2.24, 2.45) is 0 Å². The van der Waals surface area contributed by atoms with Gasteiger partial charge in [0.05, 0.1) is 30.6 Å². The molecule has 0 saturated carbocycles. The van der Waals surface area contributed by atoms with Gasteiger partial charge in [0.25, 0.3) is 11.8 Å². The number of hydrogen-bond acceptors (Lipinski definition) is 12. The van der Waals surface area contributed by atoms with Gasteiger partial charge in [0, 0.05) is 92.0 Å². The van der Waals surface area contributed by atoms with Gasteiger partial charge in [-0.2, -0.15) is 0 Å². The number of halogens is 3. The number of aryl methyl sites for hydroxylation is 1. The standard InChI is InChI=1S/C47H47F3N10O6S/c48-33-21-28(20-31-32(33)25-60(45(31)65)42(44(64)55-46-51-11-19-67-46)40-37-2-1-12-59(37)26-52-40)27-3-5-30(6-4-27)56-15-17-57(18-16-56)39(62)24-47(66)9-13-58(14-10-47)41-34(49)22-29(23-35(41)50)53-36-7-8-38(61)54-43(36)63/h3-6,11,19-23,26,36,42,53,66H,1-2,7-10,12-18,24-25H2,(H,51,55,64)(H,54,61,63). The number of anilines is 4. The summed E-state index contributed by atoms with van der Waals surface area (Å²) in [7, 11) is 0. The summed E-state index contributed by atoms with van der Waals surface area (Å²) in [6.07, 6.45) is 5.30. The van der Waals surface area contributed by atoms with Crippen LogP contribution in [0.3, 0.4) is 0 Å². The van der Waals surface area contributed by atoms with E-state index >= 15 is 13.2 Å². The zero-order valence-electron chi connectivity index (χ0n) is 36.3. The molecule has 5 aliphatic heterocycles. The number of piperazine rings is 1. The third-order valence-corrected chi connectivity index (χ3v) is 14.3. The number of carbonyl (C=O) groups excluding carboxylic acids is 5. The first-order valence-corrected chi connectivity index (χ1v) is 23.3. The number of aromatic nitrogens is 3. The Labute approximate surface area is 386 Å². The van der Waals surface area contributed by atoms with Crippen molar-refractivity contribution in [2.45, 2.75) is 75.7 Å². The summed E-state index contributed by atoms with van der Waals surface area (Å²) >= 11 is 1.25. The van der Waals surface area contributed by atoms with E-state index in [4.69, 9.17) is 0 Å². The van der Waals surface area contributed by atoms with Crippen LogP contribution in [0, 0.1) is 17.5 Å². The summed E-state index contributed by atoms with van der Waals surface area (Å²) in [5.74, 6) is -4.32. The second-order valence-corrected chi connectivity index (χ2v) is 18.7. The number of piperidine rings is 2. The molecule has 5 amide bonds. The van der Waals surface area contributed by atoms with Gasteiger partial charge in [-0.1, -0.05) is 12.1 Å². The van der Waals surface area contributed by atoms with Gasteiger partial charge >= 0.3 is 0 Å². The minimum Gasteiger partial charge on any atom is -0.389 e. The molecular formula is C47H47F3N10O6S. The van der Waals surface area contributed by atoms with E-state index in [2.05, 4.69) is 30.8 Å². The molecule has 2 atom stereocenters. The van der Waals surface area contributed by atoms with E-state index < -0.39 is 58.8 Å². The fraction of sp³-hybridized carbons (Fsp3) is 0.383. The number of aliphatic hydroxyl groups is 1. The second kappa shape index (κ2) is 17.8. The van der Waals surface area contributed by atoms with Crippen LogP contribution in [0.2, 0.25) is 0 Å². The normalized spacial score (nSPS) is 19.6. The highest BCUT2D eigenvalue weighted by Crippen LogP contribution is 2.39. The largest absolute Gasteiger partial charge is 0.389 e. The van der Waals surface area contributed by atoms with Crippen LogP contribution in [0.1, 0.15) is 71.9 Å². The summed E-state index contributed by atoms with van der Waals surface area (Å²) in [6, 6.07) is 10.9. The van der Waals surface area contributed by atoms with Crippen LogP contribution in [0.4, 0.5) is 35.4 Å². The number of fused-ring (bicyclic) bond motifs is 2. The molecule has 3 saturated heterocycles. The average Bonchev–Trinajstić information content (AvgIpc) is 4.13. The van der Waals surface area contributed by atoms with Crippen molar-refractivity contribution in [1.29, 1.82) is 0 Å². The van der Waals surface area contributed by atoms with Crippen molar-refractivity contribution in [3.63, 3.8) is 0 Å². The van der Waals surface area contributed by atoms with E-state index in [1.807, 2.05) is 28.8 Å². The molecule has 3 aromatic carbocycles. The molecule has 20 heteroatoms. The molecule has 0 aliphatic carbocycles. The third-order valence-electron chi connectivity index (χ3n) is 13.6. The maximum atomic E-state index is 16.0. The third kappa shape index (κ3) is 8.70. The van der Waals surface area contributed by atoms with Crippen LogP contribution in [0.5, 0.6) is 0 Å². The molecule has 7 heterocycles. The Hall–Kier alpha value is -6.80. The summed E-state index contributed by atoms with van der Waals surface area (Å²) < 4.78 is 48.5. The fourth-order valence-electron chi connectivity index (χ4n) is 9.94. The Bertz CT molecular complexity index is 2750. The van der Waals surface area contributed by atoms with Crippen LogP contribution in [0.25, 0.3) is 11.1 Å². The van der Waals surface area contributed by atoms with Crippen molar-refractivity contribution in [2.75, 3.05) is 59.7 Å². The summed E-state index contributed by atoms with van der Waals surface area (Å²) in [4.78, 5) is 80.5. The Morgan fingerprint density at radius 3 is 2.33 bits per heavy atom. The molecule has 10 rings (SSSR count). The van der Waals surface area contributed by atoms with Crippen LogP contribution < -0.4 is 25.8 Å². The maximum Gasteiger partial charge on any atom is 0.255 e. The number of nitrogens with one attached hydrogen (secondary N) is 3. The Balaban J connectivity index is 0.739. The van der Waals surface area contributed by atoms with Gasteiger partial charge in [-0.3, -0.25) is 34.6 Å². The summed E-state index contributed by atoms with van der Waals surface area (Å²) in [5.41, 5.74) is 2.34. The van der Waals surface area contributed by atoms with Crippen molar-refractivity contribution in [1.82, 2.24) is 29.7 Å². The molecule has 348 valence electrons. The van der Waals surface area contributed by atoms with E-state index in [1.165, 1.54) is 27.2 Å². The molecule has 0 radical (unpaired) electrons. The highest BCUT2D eigenvalue weighted by Gasteiger charge is 2.43. The highest BCUT2D eigenvalue weighted by atomic mass is 32.1. The highest BCUT2D eigenvalue weighted by molar-refractivity contribution is 7.13. The van der Waals surface area contributed by atoms with Crippen molar-refractivity contribution in [3.05, 3.63) is 106 Å². The van der Waals surface area contributed by atoms with Gasteiger partial charge in [0.15, 0.2) is 22.8 Å². The van der Waals surface area contributed by atoms with Gasteiger partial charge in [0.2, 0.25) is 17.7 Å². The number of amides is 5. The molecule has 2 unspecified atom stereocenters. The molecule has 0 bridgehead atoms. The predicted molar refractivity (Wildman–Crippen MR) is 242 cm³/mol. The first-order valence-electron chi connectivity index (χ1n) is 22.4. The van der Waals surface area contributed by atoms with Crippen LogP contribution in [-0.2, 0) is 38.7 Å². The zero-order chi connectivity index (χ0) is 46.6. The lowest BCUT2D eigenvalue weighted by atomic mass is 9.87. The molecule has 2 aromatic heterocycles. The minimum atomic E-state index is -1.35. The van der Waals surface area contributed by atoms with Crippen molar-refractivity contribution < 1.29 is 42.3 Å². The molecular weight excluding hydrogens is 890 g/mol. The van der Waals surface area contributed by atoms with Crippen LogP contribution >= 0.6 is 11.3 Å². The number of imide groups is 1. The number of thiazole rings is 1. The molecule has 3 fully saturated rings. The number of carbonyl (C=O) groups is 5. The van der Waals surface area contributed by atoms with Crippen LogP contribution in [-0.4, -0.2) is 110 Å². The number of hydrogen-bond donors (Lipinski definition) is 4. The Morgan fingerprint density at radius 1 is 0.881 bits per heavy atom. The Kier molecular flexibility index (Phi) is 11.7. The van der Waals surface area contributed by atoms with Crippen molar-refractivity contribution >= 4 is 63.1 Å². The first kappa shape index (κ1) is 44.1. The maximum absolute atomic E-state index is 16.0. The van der Waals surface area contributed by atoms with Crippen molar-refractivity contribution in [3.8, 4) is 11.1 Å². The lowest BCUT2D eigenvalue weighted by molar-refractivity contribution is -0.138. The molecule has 0 spiro atoms. The first-order chi connectivity index (χ1) is 32.3. The van der Waals surface area contributed by atoms with E-state index in [9.17, 15) is 29.1 Å². The van der Waals surface area contributed by atoms with Crippen LogP contribution in [0.15, 0.2) is 66.4 Å². The lowest BCUT2D eigenvalue weighted by Crippen LogP contribution is -2.52. The summed E-state index contributed by atoms with van der Waals surface area (Å²) in [6.45, 7) is 2.80. The number of nitrogens with zero attached hydrogens (tertiary/aromatic N) is 7. The monoisotopic (exact) mass is 936 g/mol. The fourth-order valence-corrected chi connectivity index (χ4v) is 10.5. The molecule has 5 aliphatic rings. The van der Waals surface area contributed by atoms with Gasteiger partial charge in [-0.05, 0) is 79.6 Å². The minimum absolute atomic E-state index is 0.0686. The van der Waals surface area contributed by atoms with E-state index in [1.54, 1.807) is 28.9 Å². The van der Waals surface area contributed by atoms with Gasteiger partial charge in [-0.15, -0.1) is 11.3 Å². The molecule has 4 N–H and O–H groups in total. The van der Waals surface area contributed by atoms with Gasteiger partial charge < -0.3 is 34.6 Å². The molecule has 16 nitrogen and oxygen atoms in total. The summed E-state index contributed by atoms with van der Waals surface area (Å²) in [5, 5.41) is 21.4. The van der Waals surface area contributed by atoms with Gasteiger partial charge in [-0.25, -0.2) is 23.1 Å². The molecule has 67 heavy (non-hydrogen) atoms. The second-order valence-electron chi connectivity index (χ2n) is 17.8. The average molecular weight is 937 g/mol. The topological polar surface area (TPSA) is 185 Å². The lowest BCUT2D eigenvalue weighted by Gasteiger charge is -2.41. The quantitative estimate of drug-likeness (QED) is 0.131. The smallest absolute Gasteiger partial charge is 0.255 e. The molecule has 5 aromatic rings. The number of benzene rings is 3.